The number of thiazole rings is 1. The third-order valence-electron chi connectivity index (χ3n) is 5.74. The summed E-state index contributed by atoms with van der Waals surface area (Å²) in [6.45, 7) is 7.56. The topological polar surface area (TPSA) is 102 Å². The lowest BCUT2D eigenvalue weighted by molar-refractivity contribution is -0.139. The van der Waals surface area contributed by atoms with Crippen molar-refractivity contribution in [2.75, 3.05) is 18.5 Å². The Morgan fingerprint density at radius 3 is 2.19 bits per heavy atom. The van der Waals surface area contributed by atoms with Crippen molar-refractivity contribution < 1.29 is 19.1 Å². The second kappa shape index (κ2) is 11.2. The van der Waals surface area contributed by atoms with Crippen molar-refractivity contribution >= 4 is 34.1 Å². The number of nitrogens with zero attached hydrogens (tertiary/aromatic N) is 2. The van der Waals surface area contributed by atoms with Crippen molar-refractivity contribution in [1.29, 1.82) is 0 Å². The molecule has 4 rings (SSSR count). The molecule has 186 valence electrons. The molecule has 2 N–H and O–H groups in total. The van der Waals surface area contributed by atoms with Crippen molar-refractivity contribution in [3.8, 4) is 11.3 Å². The van der Waals surface area contributed by atoms with Gasteiger partial charge < -0.3 is 20.1 Å². The molecule has 0 fully saturated rings. The summed E-state index contributed by atoms with van der Waals surface area (Å²) in [6, 6.07) is 11.4. The number of hydrogen-bond acceptors (Lipinski definition) is 9. The molecule has 0 amide bonds. The van der Waals surface area contributed by atoms with E-state index in [-0.39, 0.29) is 13.2 Å². The predicted octanol–water partition coefficient (Wildman–Crippen LogP) is 5.31. The zero-order chi connectivity index (χ0) is 25.7. The van der Waals surface area contributed by atoms with Gasteiger partial charge in [-0.1, -0.05) is 18.2 Å². The smallest absolute Gasteiger partial charge is 0.336 e. The van der Waals surface area contributed by atoms with Crippen molar-refractivity contribution in [2.24, 2.45) is 0 Å². The van der Waals surface area contributed by atoms with E-state index in [4.69, 9.17) is 14.5 Å². The van der Waals surface area contributed by atoms with Gasteiger partial charge in [-0.3, -0.25) is 4.98 Å². The van der Waals surface area contributed by atoms with E-state index in [9.17, 15) is 9.59 Å². The average Bonchev–Trinajstić information content (AvgIpc) is 3.33. The SMILES string of the molecule is CCOC(=O)C1=C(C)NC(C)=C(C(=O)OCC)C1c1ccccc1Nc1nc(-c2ccncc2)cs1. The molecule has 0 saturated carbocycles. The molecule has 1 aromatic carbocycles. The Morgan fingerprint density at radius 2 is 1.58 bits per heavy atom. The molecule has 3 heterocycles. The molecule has 0 saturated heterocycles. The van der Waals surface area contributed by atoms with Crippen molar-refractivity contribution in [3.05, 3.63) is 82.3 Å². The predicted molar refractivity (Wildman–Crippen MR) is 140 cm³/mol. The van der Waals surface area contributed by atoms with Gasteiger partial charge in [0.25, 0.3) is 0 Å². The number of ether oxygens (including phenoxy) is 2. The molecule has 36 heavy (non-hydrogen) atoms. The number of allylic oxidation sites excluding steroid dienone is 2. The van der Waals surface area contributed by atoms with E-state index in [0.29, 0.717) is 27.7 Å². The minimum Gasteiger partial charge on any atom is -0.463 e. The number of esters is 2. The summed E-state index contributed by atoms with van der Waals surface area (Å²) in [6.07, 6.45) is 3.46. The number of aromatic nitrogens is 2. The Hall–Kier alpha value is -3.98. The number of benzene rings is 1. The van der Waals surface area contributed by atoms with Gasteiger partial charge in [-0.25, -0.2) is 14.6 Å². The monoisotopic (exact) mass is 504 g/mol. The third kappa shape index (κ3) is 5.16. The normalized spacial score (nSPS) is 13.9. The van der Waals surface area contributed by atoms with Gasteiger partial charge in [-0.05, 0) is 51.5 Å². The average molecular weight is 505 g/mol. The Labute approximate surface area is 214 Å². The minimum absolute atomic E-state index is 0.219. The van der Waals surface area contributed by atoms with E-state index in [1.54, 1.807) is 26.2 Å². The molecule has 2 aromatic heterocycles. The van der Waals surface area contributed by atoms with Crippen LogP contribution in [-0.2, 0) is 19.1 Å². The summed E-state index contributed by atoms with van der Waals surface area (Å²) in [5, 5.41) is 9.21. The van der Waals surface area contributed by atoms with E-state index in [0.717, 1.165) is 22.5 Å². The van der Waals surface area contributed by atoms with Crippen LogP contribution in [0, 0.1) is 0 Å². The van der Waals surface area contributed by atoms with Gasteiger partial charge in [0.05, 0.1) is 36.0 Å². The first-order valence-corrected chi connectivity index (χ1v) is 12.6. The Kier molecular flexibility index (Phi) is 7.80. The molecule has 8 nitrogen and oxygen atoms in total. The fourth-order valence-electron chi connectivity index (χ4n) is 4.23. The summed E-state index contributed by atoms with van der Waals surface area (Å²) < 4.78 is 10.8. The summed E-state index contributed by atoms with van der Waals surface area (Å²) in [4.78, 5) is 35.0. The molecule has 0 bridgehead atoms. The molecule has 0 unspecified atom stereocenters. The van der Waals surface area contributed by atoms with E-state index < -0.39 is 17.9 Å². The molecule has 0 spiro atoms. The number of para-hydroxylation sites is 1. The Balaban J connectivity index is 1.79. The van der Waals surface area contributed by atoms with Gasteiger partial charge in [-0.2, -0.15) is 0 Å². The van der Waals surface area contributed by atoms with Gasteiger partial charge in [0.2, 0.25) is 0 Å². The maximum absolute atomic E-state index is 13.1. The zero-order valence-electron chi connectivity index (χ0n) is 20.6. The van der Waals surface area contributed by atoms with E-state index in [1.807, 2.05) is 55.6 Å². The summed E-state index contributed by atoms with van der Waals surface area (Å²) in [7, 11) is 0. The quantitative estimate of drug-likeness (QED) is 0.398. The lowest BCUT2D eigenvalue weighted by Gasteiger charge is -2.31. The van der Waals surface area contributed by atoms with E-state index >= 15 is 0 Å². The van der Waals surface area contributed by atoms with Gasteiger partial charge in [-0.15, -0.1) is 11.3 Å². The molecule has 3 aromatic rings. The van der Waals surface area contributed by atoms with Crippen LogP contribution >= 0.6 is 11.3 Å². The van der Waals surface area contributed by atoms with Crippen LogP contribution in [0.25, 0.3) is 11.3 Å². The first-order valence-electron chi connectivity index (χ1n) is 11.7. The third-order valence-corrected chi connectivity index (χ3v) is 6.50. The molecule has 0 aliphatic carbocycles. The number of anilines is 2. The van der Waals surface area contributed by atoms with Crippen LogP contribution in [0.3, 0.4) is 0 Å². The van der Waals surface area contributed by atoms with Gasteiger partial charge >= 0.3 is 11.9 Å². The number of dihydropyridines is 1. The van der Waals surface area contributed by atoms with Crippen molar-refractivity contribution in [1.82, 2.24) is 15.3 Å². The van der Waals surface area contributed by atoms with Crippen LogP contribution in [0.2, 0.25) is 0 Å². The highest BCUT2D eigenvalue weighted by Gasteiger charge is 2.39. The number of pyridine rings is 1. The maximum Gasteiger partial charge on any atom is 0.336 e. The fourth-order valence-corrected chi connectivity index (χ4v) is 4.96. The Bertz CT molecular complexity index is 1290. The molecule has 1 aliphatic rings. The van der Waals surface area contributed by atoms with E-state index in [2.05, 4.69) is 15.6 Å². The lowest BCUT2D eigenvalue weighted by atomic mass is 9.79. The highest BCUT2D eigenvalue weighted by molar-refractivity contribution is 7.14. The highest BCUT2D eigenvalue weighted by atomic mass is 32.1. The van der Waals surface area contributed by atoms with Crippen LogP contribution in [0.5, 0.6) is 0 Å². The second-order valence-corrected chi connectivity index (χ2v) is 8.92. The van der Waals surface area contributed by atoms with Gasteiger partial charge in [0.1, 0.15) is 0 Å². The maximum atomic E-state index is 13.1. The van der Waals surface area contributed by atoms with Crippen LogP contribution in [0.1, 0.15) is 39.2 Å². The number of nitrogens with one attached hydrogen (secondary N) is 2. The van der Waals surface area contributed by atoms with Crippen LogP contribution in [-0.4, -0.2) is 35.1 Å². The number of carbonyl (C=O) groups is 2. The van der Waals surface area contributed by atoms with E-state index in [1.165, 1.54) is 11.3 Å². The van der Waals surface area contributed by atoms with Crippen molar-refractivity contribution in [2.45, 2.75) is 33.6 Å². The summed E-state index contributed by atoms with van der Waals surface area (Å²) in [5.74, 6) is -1.65. The number of hydrogen-bond donors (Lipinski definition) is 2. The van der Waals surface area contributed by atoms with Gasteiger partial charge in [0.15, 0.2) is 5.13 Å². The summed E-state index contributed by atoms with van der Waals surface area (Å²) in [5.41, 5.74) is 5.27. The molecule has 0 radical (unpaired) electrons. The summed E-state index contributed by atoms with van der Waals surface area (Å²) >= 11 is 1.46. The zero-order valence-corrected chi connectivity index (χ0v) is 21.4. The van der Waals surface area contributed by atoms with Gasteiger partial charge in [0, 0.05) is 40.4 Å². The van der Waals surface area contributed by atoms with Crippen LogP contribution < -0.4 is 10.6 Å². The van der Waals surface area contributed by atoms with Crippen molar-refractivity contribution in [3.63, 3.8) is 0 Å². The largest absolute Gasteiger partial charge is 0.463 e. The number of rotatable bonds is 8. The first-order chi connectivity index (χ1) is 17.4. The molecule has 1 aliphatic heterocycles. The lowest BCUT2D eigenvalue weighted by Crippen LogP contribution is -2.32. The van der Waals surface area contributed by atoms with Crippen LogP contribution in [0.4, 0.5) is 10.8 Å². The minimum atomic E-state index is -0.687. The second-order valence-electron chi connectivity index (χ2n) is 8.06. The Morgan fingerprint density at radius 1 is 0.972 bits per heavy atom. The number of carbonyl (C=O) groups excluding carboxylic acids is 2. The molecule has 9 heteroatoms. The van der Waals surface area contributed by atoms with Crippen LogP contribution in [0.15, 0.2) is 76.7 Å². The fraction of sp³-hybridized carbons (Fsp3) is 0.259. The highest BCUT2D eigenvalue weighted by Crippen LogP contribution is 2.43. The molecular weight excluding hydrogens is 476 g/mol. The standard InChI is InChI=1S/C27H28N4O4S/c1-5-34-25(32)22-16(3)29-17(4)23(26(33)35-6-2)24(22)19-9-7-8-10-20(19)30-27-31-21(15-36-27)18-11-13-28-14-12-18/h7-15,24,29H,5-6H2,1-4H3,(H,30,31). The molecular formula is C27H28N4O4S. The molecule has 0 atom stereocenters. The first kappa shape index (κ1) is 25.1.